The second-order valence-electron chi connectivity index (χ2n) is 5.54. The molecule has 0 spiro atoms. The minimum Gasteiger partial charge on any atom is -0.326 e. The molecule has 0 amide bonds. The molecule has 1 aromatic heterocycles. The van der Waals surface area contributed by atoms with Gasteiger partial charge in [0, 0.05) is 6.54 Å². The van der Waals surface area contributed by atoms with Crippen molar-refractivity contribution < 1.29 is 0 Å². The van der Waals surface area contributed by atoms with Crippen molar-refractivity contribution in [3.63, 3.8) is 0 Å². The first-order chi connectivity index (χ1) is 8.69. The number of imidazole rings is 1. The molecule has 0 unspecified atom stereocenters. The monoisotopic (exact) mass is 262 g/mol. The first-order valence-corrected chi connectivity index (χ1v) is 7.23. The Morgan fingerprint density at radius 1 is 1.39 bits per heavy atom. The number of hydrogen-bond donors (Lipinski definition) is 0. The Bertz CT molecular complexity index is 581. The van der Waals surface area contributed by atoms with E-state index in [1.54, 1.807) is 0 Å². The van der Waals surface area contributed by atoms with Crippen LogP contribution in [0.3, 0.4) is 0 Å². The molecule has 1 fully saturated rings. The molecule has 2 aromatic rings. The quantitative estimate of drug-likeness (QED) is 0.753. The third-order valence-corrected chi connectivity index (χ3v) is 4.61. The van der Waals surface area contributed by atoms with Crippen LogP contribution in [0.25, 0.3) is 11.0 Å². The first-order valence-electron chi connectivity index (χ1n) is 6.70. The van der Waals surface area contributed by atoms with Crippen LogP contribution < -0.4 is 0 Å². The van der Waals surface area contributed by atoms with Gasteiger partial charge in [0.1, 0.15) is 5.82 Å². The average Bonchev–Trinajstić information content (AvgIpc) is 3.06. The summed E-state index contributed by atoms with van der Waals surface area (Å²) in [6.45, 7) is 5.52. The van der Waals surface area contributed by atoms with Crippen molar-refractivity contribution in [3.05, 3.63) is 29.6 Å². The van der Waals surface area contributed by atoms with Crippen LogP contribution in [0, 0.1) is 12.3 Å². The molecule has 1 heterocycles. The zero-order chi connectivity index (χ0) is 12.8. The Kier molecular flexibility index (Phi) is 2.86. The average molecular weight is 263 g/mol. The fourth-order valence-electron chi connectivity index (χ4n) is 2.82. The number of alkyl halides is 1. The molecule has 1 aliphatic carbocycles. The van der Waals surface area contributed by atoms with Crippen LogP contribution in [0.2, 0.25) is 0 Å². The Morgan fingerprint density at radius 3 is 2.78 bits per heavy atom. The van der Waals surface area contributed by atoms with Crippen molar-refractivity contribution in [1.29, 1.82) is 0 Å². The molecule has 0 radical (unpaired) electrons. The Hall–Kier alpha value is -1.02. The molecular weight excluding hydrogens is 244 g/mol. The molecule has 1 aromatic carbocycles. The maximum atomic E-state index is 6.07. The molecule has 0 aliphatic heterocycles. The highest BCUT2D eigenvalue weighted by molar-refractivity contribution is 6.16. The molecule has 2 nitrogen and oxygen atoms in total. The summed E-state index contributed by atoms with van der Waals surface area (Å²) in [6, 6.07) is 6.31. The lowest BCUT2D eigenvalue weighted by atomic mass is 10.0. The lowest BCUT2D eigenvalue weighted by Gasteiger charge is -2.16. The number of rotatable bonds is 4. The van der Waals surface area contributed by atoms with Crippen molar-refractivity contribution >= 4 is 22.6 Å². The van der Waals surface area contributed by atoms with Crippen molar-refractivity contribution in [2.75, 3.05) is 0 Å². The van der Waals surface area contributed by atoms with Crippen LogP contribution >= 0.6 is 11.6 Å². The molecule has 18 heavy (non-hydrogen) atoms. The van der Waals surface area contributed by atoms with E-state index in [-0.39, 0.29) is 0 Å². The van der Waals surface area contributed by atoms with E-state index in [0.29, 0.717) is 11.3 Å². The van der Waals surface area contributed by atoms with Crippen LogP contribution in [0.4, 0.5) is 0 Å². The predicted molar refractivity (Wildman–Crippen MR) is 76.0 cm³/mol. The van der Waals surface area contributed by atoms with E-state index in [0.717, 1.165) is 17.9 Å². The van der Waals surface area contributed by atoms with Gasteiger partial charge < -0.3 is 4.57 Å². The van der Waals surface area contributed by atoms with Gasteiger partial charge in [-0.2, -0.15) is 0 Å². The van der Waals surface area contributed by atoms with E-state index in [1.165, 1.54) is 30.3 Å². The van der Waals surface area contributed by atoms with Gasteiger partial charge in [0.25, 0.3) is 0 Å². The fourth-order valence-corrected chi connectivity index (χ4v) is 3.03. The first kappa shape index (κ1) is 12.0. The van der Waals surface area contributed by atoms with Crippen LogP contribution in [-0.4, -0.2) is 9.55 Å². The second kappa shape index (κ2) is 4.27. The minimum atomic E-state index is 0.494. The van der Waals surface area contributed by atoms with E-state index in [9.17, 15) is 0 Å². The maximum Gasteiger partial charge on any atom is 0.124 e. The van der Waals surface area contributed by atoms with Crippen LogP contribution in [-0.2, 0) is 12.4 Å². The normalized spacial score (nSPS) is 17.3. The topological polar surface area (TPSA) is 17.8 Å². The molecule has 1 aliphatic rings. The van der Waals surface area contributed by atoms with Crippen molar-refractivity contribution in [2.24, 2.45) is 5.41 Å². The summed E-state index contributed by atoms with van der Waals surface area (Å²) in [5.41, 5.74) is 4.16. The third-order valence-electron chi connectivity index (χ3n) is 4.37. The summed E-state index contributed by atoms with van der Waals surface area (Å²) in [5, 5.41) is 0. The van der Waals surface area contributed by atoms with Crippen LogP contribution in [0.15, 0.2) is 18.2 Å². The number of hydrogen-bond acceptors (Lipinski definition) is 1. The fraction of sp³-hybridized carbons (Fsp3) is 0.533. The zero-order valence-corrected chi connectivity index (χ0v) is 11.8. The van der Waals surface area contributed by atoms with Crippen LogP contribution in [0.1, 0.15) is 37.6 Å². The van der Waals surface area contributed by atoms with E-state index < -0.39 is 0 Å². The summed E-state index contributed by atoms with van der Waals surface area (Å²) in [6.07, 6.45) is 3.94. The van der Waals surface area contributed by atoms with E-state index in [4.69, 9.17) is 11.6 Å². The largest absolute Gasteiger partial charge is 0.326 e. The van der Waals surface area contributed by atoms with Gasteiger partial charge in [-0.05, 0) is 43.2 Å². The number of aryl methyl sites for hydroxylation is 1. The number of para-hydroxylation sites is 1. The summed E-state index contributed by atoms with van der Waals surface area (Å²) in [7, 11) is 0. The zero-order valence-electron chi connectivity index (χ0n) is 11.0. The lowest BCUT2D eigenvalue weighted by Crippen LogP contribution is -2.13. The molecular formula is C15H19ClN2. The highest BCUT2D eigenvalue weighted by Crippen LogP contribution is 2.50. The van der Waals surface area contributed by atoms with E-state index in [2.05, 4.69) is 41.6 Å². The number of benzene rings is 1. The maximum absolute atomic E-state index is 6.07. The summed E-state index contributed by atoms with van der Waals surface area (Å²) < 4.78 is 2.36. The van der Waals surface area contributed by atoms with Gasteiger partial charge in [-0.25, -0.2) is 4.98 Å². The van der Waals surface area contributed by atoms with Gasteiger partial charge in [0.15, 0.2) is 0 Å². The molecule has 96 valence electrons. The smallest absolute Gasteiger partial charge is 0.124 e. The molecule has 3 rings (SSSR count). The van der Waals surface area contributed by atoms with Crippen molar-refractivity contribution in [1.82, 2.24) is 9.55 Å². The molecule has 0 bridgehead atoms. The minimum absolute atomic E-state index is 0.494. The van der Waals surface area contributed by atoms with Gasteiger partial charge in [0.05, 0.1) is 16.9 Å². The Morgan fingerprint density at radius 2 is 2.17 bits per heavy atom. The standard InChI is InChI=1S/C15H19ClN2/c1-3-15(7-8-15)10-18-13(9-16)17-12-6-4-5-11(2)14(12)18/h4-6H,3,7-10H2,1-2H3. The summed E-state index contributed by atoms with van der Waals surface area (Å²) >= 11 is 6.07. The molecule has 0 N–H and O–H groups in total. The van der Waals surface area contributed by atoms with Gasteiger partial charge in [-0.15, -0.1) is 11.6 Å². The Balaban J connectivity index is 2.13. The highest BCUT2D eigenvalue weighted by atomic mass is 35.5. The van der Waals surface area contributed by atoms with E-state index in [1.807, 2.05) is 0 Å². The van der Waals surface area contributed by atoms with E-state index >= 15 is 0 Å². The predicted octanol–water partition coefficient (Wildman–Crippen LogP) is 4.27. The number of halogens is 1. The summed E-state index contributed by atoms with van der Waals surface area (Å²) in [5.74, 6) is 1.51. The van der Waals surface area contributed by atoms with Crippen molar-refractivity contribution in [2.45, 2.75) is 45.5 Å². The molecule has 0 saturated heterocycles. The summed E-state index contributed by atoms with van der Waals surface area (Å²) in [4.78, 5) is 4.67. The number of fused-ring (bicyclic) bond motifs is 1. The highest BCUT2D eigenvalue weighted by Gasteiger charge is 2.41. The molecule has 1 saturated carbocycles. The molecule has 0 atom stereocenters. The van der Waals surface area contributed by atoms with Crippen molar-refractivity contribution in [3.8, 4) is 0 Å². The van der Waals surface area contributed by atoms with Gasteiger partial charge in [0.2, 0.25) is 0 Å². The molecule has 3 heteroatoms. The number of aromatic nitrogens is 2. The lowest BCUT2D eigenvalue weighted by molar-refractivity contribution is 0.409. The number of nitrogens with zero attached hydrogens (tertiary/aromatic N) is 2. The third kappa shape index (κ3) is 1.83. The van der Waals surface area contributed by atoms with Gasteiger partial charge in [-0.3, -0.25) is 0 Å². The Labute approximate surface area is 113 Å². The SMILES string of the molecule is CCC1(Cn2c(CCl)nc3cccc(C)c32)CC1. The van der Waals surface area contributed by atoms with Gasteiger partial charge in [-0.1, -0.05) is 19.1 Å². The van der Waals surface area contributed by atoms with Gasteiger partial charge >= 0.3 is 0 Å². The van der Waals surface area contributed by atoms with Crippen LogP contribution in [0.5, 0.6) is 0 Å². The second-order valence-corrected chi connectivity index (χ2v) is 5.81.